The topological polar surface area (TPSA) is 54.4 Å². The van der Waals surface area contributed by atoms with E-state index in [1.165, 1.54) is 44.1 Å². The molecule has 0 radical (unpaired) electrons. The number of hydrogen-bond donors (Lipinski definition) is 1. The van der Waals surface area contributed by atoms with Gasteiger partial charge >= 0.3 is 44.9 Å². The van der Waals surface area contributed by atoms with Crippen LogP contribution in [0.4, 0.5) is 0 Å². The Morgan fingerprint density at radius 2 is 1.67 bits per heavy atom. The summed E-state index contributed by atoms with van der Waals surface area (Å²) in [6, 6.07) is 11.8. The van der Waals surface area contributed by atoms with Crippen molar-refractivity contribution in [2.24, 2.45) is 0 Å². The van der Waals surface area contributed by atoms with Crippen LogP contribution in [0.3, 0.4) is 0 Å². The SMILES string of the molecule is CC[CH2][Na].O=S(=O)(O)c1cccc2ccccc12. The molecule has 0 atom stereocenters. The Balaban J connectivity index is 0.000000357. The minimum Gasteiger partial charge on any atom is -0.282 e. The largest absolute Gasteiger partial charge is 0.295 e. The minimum absolute atomic E-state index is 0.0457. The van der Waals surface area contributed by atoms with Crippen LogP contribution in [0.5, 0.6) is 0 Å². The van der Waals surface area contributed by atoms with Crippen LogP contribution in [-0.2, 0) is 10.1 Å². The van der Waals surface area contributed by atoms with Crippen LogP contribution in [0.25, 0.3) is 10.8 Å². The number of hydrogen-bond acceptors (Lipinski definition) is 2. The molecular formula is C13H15NaO3S. The van der Waals surface area contributed by atoms with Gasteiger partial charge in [-0.25, -0.2) is 0 Å². The summed E-state index contributed by atoms with van der Waals surface area (Å²) in [7, 11) is -4.13. The fourth-order valence-corrected chi connectivity index (χ4v) is 2.13. The minimum atomic E-state index is -4.13. The van der Waals surface area contributed by atoms with Crippen molar-refractivity contribution in [2.45, 2.75) is 21.9 Å². The first kappa shape index (κ1) is 15.7. The van der Waals surface area contributed by atoms with E-state index < -0.39 is 10.1 Å². The third kappa shape index (κ3) is 4.37. The summed E-state index contributed by atoms with van der Waals surface area (Å²) < 4.78 is 32.4. The van der Waals surface area contributed by atoms with Gasteiger partial charge in [0.25, 0.3) is 10.1 Å². The van der Waals surface area contributed by atoms with Crippen LogP contribution in [0.1, 0.15) is 13.3 Å². The molecule has 0 saturated carbocycles. The fourth-order valence-electron chi connectivity index (χ4n) is 1.42. The Kier molecular flexibility index (Phi) is 6.32. The first-order valence-electron chi connectivity index (χ1n) is 5.96. The van der Waals surface area contributed by atoms with Gasteiger partial charge in [-0.2, -0.15) is 8.42 Å². The predicted octanol–water partition coefficient (Wildman–Crippen LogP) is 3.07. The smallest absolute Gasteiger partial charge is 0.282 e. The van der Waals surface area contributed by atoms with E-state index in [0.29, 0.717) is 5.39 Å². The van der Waals surface area contributed by atoms with Crippen LogP contribution >= 0.6 is 0 Å². The molecule has 0 spiro atoms. The fraction of sp³-hybridized carbons (Fsp3) is 0.231. The van der Waals surface area contributed by atoms with Crippen LogP contribution in [0.2, 0.25) is 3.67 Å². The maximum absolute atomic E-state index is 11.0. The van der Waals surface area contributed by atoms with Gasteiger partial charge in [-0.3, -0.25) is 4.55 Å². The summed E-state index contributed by atoms with van der Waals surface area (Å²) in [6.45, 7) is 2.22. The second-order valence-corrected chi connectivity index (χ2v) is 6.34. The van der Waals surface area contributed by atoms with Gasteiger partial charge in [-0.15, -0.1) is 0 Å². The van der Waals surface area contributed by atoms with Gasteiger partial charge < -0.3 is 0 Å². The number of benzene rings is 2. The van der Waals surface area contributed by atoms with Crippen LogP contribution in [-0.4, -0.2) is 40.9 Å². The molecule has 0 fully saturated rings. The number of rotatable bonds is 2. The monoisotopic (exact) mass is 274 g/mol. The Labute approximate surface area is 125 Å². The molecule has 0 amide bonds. The summed E-state index contributed by atoms with van der Waals surface area (Å²) in [4.78, 5) is -0.0457. The van der Waals surface area contributed by atoms with Gasteiger partial charge in [0.1, 0.15) is 4.90 Å². The zero-order valence-electron chi connectivity index (χ0n) is 10.6. The van der Waals surface area contributed by atoms with E-state index in [0.717, 1.165) is 5.39 Å². The van der Waals surface area contributed by atoms with Crippen LogP contribution < -0.4 is 0 Å². The molecule has 18 heavy (non-hydrogen) atoms. The first-order chi connectivity index (χ1) is 8.50. The van der Waals surface area contributed by atoms with Crippen molar-refractivity contribution >= 4 is 48.8 Å². The maximum atomic E-state index is 11.0. The predicted molar refractivity (Wildman–Crippen MR) is 74.6 cm³/mol. The second kappa shape index (κ2) is 7.26. The van der Waals surface area contributed by atoms with E-state index >= 15 is 0 Å². The van der Waals surface area contributed by atoms with Crippen molar-refractivity contribution in [3.05, 3.63) is 42.5 Å². The summed E-state index contributed by atoms with van der Waals surface area (Å²) >= 11 is 1.39. The number of fused-ring (bicyclic) bond motifs is 1. The standard InChI is InChI=1S/C10H8O3S.C3H7.Na/c11-14(12,13)10-7-3-5-8-4-1-2-6-9(8)10;1-3-2;/h1-7H,(H,11,12,13);1,3H2,2H3;. The van der Waals surface area contributed by atoms with E-state index in [1.807, 2.05) is 6.07 Å². The van der Waals surface area contributed by atoms with Gasteiger partial charge in [0.05, 0.1) is 0 Å². The molecule has 3 nitrogen and oxygen atoms in total. The van der Waals surface area contributed by atoms with Crippen molar-refractivity contribution in [1.82, 2.24) is 0 Å². The molecule has 0 aliphatic carbocycles. The zero-order chi connectivity index (χ0) is 13.6. The normalized spacial score (nSPS) is 10.9. The third-order valence-corrected chi connectivity index (χ3v) is 4.44. The summed E-state index contributed by atoms with van der Waals surface area (Å²) in [5.41, 5.74) is 0. The Hall–Kier alpha value is -0.390. The van der Waals surface area contributed by atoms with E-state index in [9.17, 15) is 8.42 Å². The summed E-state index contributed by atoms with van der Waals surface area (Å²) in [5.74, 6) is 0. The van der Waals surface area contributed by atoms with Crippen molar-refractivity contribution in [2.75, 3.05) is 0 Å². The van der Waals surface area contributed by atoms with E-state index in [4.69, 9.17) is 4.55 Å². The van der Waals surface area contributed by atoms with E-state index in [1.54, 1.807) is 30.3 Å². The summed E-state index contributed by atoms with van der Waals surface area (Å²) in [6.07, 6.45) is 1.38. The van der Waals surface area contributed by atoms with Gasteiger partial charge in [0, 0.05) is 5.39 Å². The van der Waals surface area contributed by atoms with Crippen molar-refractivity contribution in [1.29, 1.82) is 0 Å². The van der Waals surface area contributed by atoms with Crippen LogP contribution in [0.15, 0.2) is 47.4 Å². The molecule has 0 heterocycles. The zero-order valence-corrected chi connectivity index (χ0v) is 13.4. The average Bonchev–Trinajstić information content (AvgIpc) is 2.37. The molecule has 2 aromatic rings. The Morgan fingerprint density at radius 1 is 1.11 bits per heavy atom. The van der Waals surface area contributed by atoms with Crippen LogP contribution in [0, 0.1) is 0 Å². The van der Waals surface area contributed by atoms with Crippen molar-refractivity contribution in [3.63, 3.8) is 0 Å². The van der Waals surface area contributed by atoms with E-state index in [-0.39, 0.29) is 4.90 Å². The van der Waals surface area contributed by atoms with Gasteiger partial charge in [0.15, 0.2) is 0 Å². The Morgan fingerprint density at radius 3 is 2.22 bits per heavy atom. The molecule has 0 aliphatic rings. The van der Waals surface area contributed by atoms with Crippen molar-refractivity contribution < 1.29 is 13.0 Å². The molecule has 0 bridgehead atoms. The van der Waals surface area contributed by atoms with Gasteiger partial charge in [-0.05, 0) is 11.5 Å². The summed E-state index contributed by atoms with van der Waals surface area (Å²) in [5, 5.41) is 1.33. The molecule has 1 N–H and O–H groups in total. The molecule has 92 valence electrons. The van der Waals surface area contributed by atoms with Crippen molar-refractivity contribution in [3.8, 4) is 0 Å². The first-order valence-corrected chi connectivity index (χ1v) is 8.81. The third-order valence-electron chi connectivity index (χ3n) is 2.53. The molecule has 0 unspecified atom stereocenters. The molecule has 0 aliphatic heterocycles. The molecular weight excluding hydrogens is 259 g/mol. The maximum Gasteiger partial charge on any atom is 0.295 e. The molecule has 0 saturated heterocycles. The second-order valence-electron chi connectivity index (χ2n) is 3.95. The molecule has 2 rings (SSSR count). The molecule has 0 aromatic heterocycles. The molecule has 2 aromatic carbocycles. The van der Waals surface area contributed by atoms with E-state index in [2.05, 4.69) is 6.92 Å². The molecule has 5 heteroatoms. The van der Waals surface area contributed by atoms with Gasteiger partial charge in [-0.1, -0.05) is 36.4 Å². The quantitative estimate of drug-likeness (QED) is 0.676. The Bertz CT molecular complexity index is 601. The van der Waals surface area contributed by atoms with Gasteiger partial charge in [0.2, 0.25) is 0 Å². The average molecular weight is 274 g/mol.